The van der Waals surface area contributed by atoms with Crippen molar-refractivity contribution < 1.29 is 23.1 Å². The summed E-state index contributed by atoms with van der Waals surface area (Å²) in [5.74, 6) is 0.671. The molecule has 8 nitrogen and oxygen atoms in total. The maximum absolute atomic E-state index is 13.6. The highest BCUT2D eigenvalue weighted by molar-refractivity contribution is 7.90. The van der Waals surface area contributed by atoms with Gasteiger partial charge in [0.25, 0.3) is 16.5 Å². The maximum Gasteiger partial charge on any atom is 0.290 e. The fourth-order valence-corrected chi connectivity index (χ4v) is 5.95. The van der Waals surface area contributed by atoms with Gasteiger partial charge in [-0.15, -0.1) is 0 Å². The van der Waals surface area contributed by atoms with Gasteiger partial charge in [-0.05, 0) is 62.2 Å². The van der Waals surface area contributed by atoms with Gasteiger partial charge in [-0.25, -0.2) is 12.4 Å². The molecule has 0 amide bonds. The zero-order valence-corrected chi connectivity index (χ0v) is 17.9. The van der Waals surface area contributed by atoms with E-state index in [9.17, 15) is 8.42 Å². The van der Waals surface area contributed by atoms with E-state index in [1.54, 1.807) is 30.6 Å². The Labute approximate surface area is 181 Å². The van der Waals surface area contributed by atoms with Gasteiger partial charge in [0.2, 0.25) is 0 Å². The predicted octanol–water partition coefficient (Wildman–Crippen LogP) is 2.55. The van der Waals surface area contributed by atoms with Crippen LogP contribution in [0.4, 0.5) is 0 Å². The predicted molar refractivity (Wildman–Crippen MR) is 116 cm³/mol. The second kappa shape index (κ2) is 9.07. The van der Waals surface area contributed by atoms with Gasteiger partial charge < -0.3 is 14.7 Å². The van der Waals surface area contributed by atoms with Crippen LogP contribution in [0.2, 0.25) is 0 Å². The Kier molecular flexibility index (Phi) is 6.24. The Morgan fingerprint density at radius 2 is 1.94 bits per heavy atom. The van der Waals surface area contributed by atoms with Gasteiger partial charge in [-0.2, -0.15) is 0 Å². The molecule has 3 aromatic rings. The number of likely N-dealkylation sites (tertiary alicyclic amines) is 1. The van der Waals surface area contributed by atoms with E-state index in [-0.39, 0.29) is 6.47 Å². The van der Waals surface area contributed by atoms with Gasteiger partial charge in [0.15, 0.2) is 0 Å². The van der Waals surface area contributed by atoms with E-state index in [1.807, 2.05) is 12.1 Å². The molecular weight excluding hydrogens is 418 g/mol. The van der Waals surface area contributed by atoms with Crippen molar-refractivity contribution in [1.29, 1.82) is 0 Å². The SMILES string of the molecule is O=CO.O=S(=O)(c1cccc2c1CCO2)n1cc(CCN2CCCC2)c2ncccc21. The van der Waals surface area contributed by atoms with Crippen molar-refractivity contribution in [2.45, 2.75) is 30.6 Å². The Bertz CT molecular complexity index is 1180. The first-order valence-corrected chi connectivity index (χ1v) is 11.8. The van der Waals surface area contributed by atoms with E-state index in [4.69, 9.17) is 14.6 Å². The highest BCUT2D eigenvalue weighted by Crippen LogP contribution is 2.33. The third-order valence-corrected chi connectivity index (χ3v) is 7.49. The van der Waals surface area contributed by atoms with E-state index < -0.39 is 10.0 Å². The molecule has 2 aliphatic heterocycles. The van der Waals surface area contributed by atoms with E-state index in [1.165, 1.54) is 16.8 Å². The summed E-state index contributed by atoms with van der Waals surface area (Å²) in [6.45, 7) is 3.46. The molecule has 1 aromatic carbocycles. The molecule has 1 saturated heterocycles. The molecule has 4 heterocycles. The average Bonchev–Trinajstić information content (AvgIpc) is 3.51. The molecule has 164 valence electrons. The molecule has 0 radical (unpaired) electrons. The molecule has 5 rings (SSSR count). The number of benzene rings is 1. The first kappa shape index (κ1) is 21.3. The van der Waals surface area contributed by atoms with E-state index in [0.717, 1.165) is 42.7 Å². The standard InChI is InChI=1S/C21H23N3O3S.CH2O2/c25-28(26,20-7-3-6-19-17(20)9-14-27-19)24-15-16(8-13-23-11-1-2-12-23)21-18(24)5-4-10-22-21;2-1-3/h3-7,10,15H,1-2,8-9,11-14H2;1H,(H,2,3). The van der Waals surface area contributed by atoms with Crippen LogP contribution in [-0.4, -0.2) is 60.1 Å². The van der Waals surface area contributed by atoms with Crippen molar-refractivity contribution in [2.75, 3.05) is 26.2 Å². The molecule has 1 fully saturated rings. The molecule has 0 bridgehead atoms. The fraction of sp³-hybridized carbons (Fsp3) is 0.364. The highest BCUT2D eigenvalue weighted by Gasteiger charge is 2.28. The topological polar surface area (TPSA) is 102 Å². The van der Waals surface area contributed by atoms with Gasteiger partial charge in [0.1, 0.15) is 5.75 Å². The fourth-order valence-electron chi connectivity index (χ4n) is 4.30. The van der Waals surface area contributed by atoms with Gasteiger partial charge in [-0.3, -0.25) is 9.78 Å². The highest BCUT2D eigenvalue weighted by atomic mass is 32.2. The normalized spacial score (nSPS) is 15.9. The van der Waals surface area contributed by atoms with E-state index in [0.29, 0.717) is 29.2 Å². The number of pyridine rings is 1. The van der Waals surface area contributed by atoms with Crippen molar-refractivity contribution in [3.05, 3.63) is 53.9 Å². The van der Waals surface area contributed by atoms with Crippen LogP contribution in [-0.2, 0) is 27.7 Å². The number of carboxylic acid groups (broad SMARTS) is 1. The maximum atomic E-state index is 13.6. The second-order valence-electron chi connectivity index (χ2n) is 7.56. The van der Waals surface area contributed by atoms with Crippen molar-refractivity contribution in [1.82, 2.24) is 13.9 Å². The summed E-state index contributed by atoms with van der Waals surface area (Å²) >= 11 is 0. The lowest BCUT2D eigenvalue weighted by molar-refractivity contribution is -0.122. The average molecular weight is 444 g/mol. The van der Waals surface area contributed by atoms with Crippen LogP contribution in [0.25, 0.3) is 11.0 Å². The van der Waals surface area contributed by atoms with Gasteiger partial charge in [-0.1, -0.05) is 6.07 Å². The minimum atomic E-state index is -3.72. The van der Waals surface area contributed by atoms with Crippen LogP contribution >= 0.6 is 0 Å². The lowest BCUT2D eigenvalue weighted by Crippen LogP contribution is -2.21. The largest absolute Gasteiger partial charge is 0.493 e. The molecular formula is C22H25N3O5S. The summed E-state index contributed by atoms with van der Waals surface area (Å²) in [6, 6.07) is 8.87. The third kappa shape index (κ3) is 4.15. The van der Waals surface area contributed by atoms with Crippen LogP contribution in [0, 0.1) is 0 Å². The zero-order valence-electron chi connectivity index (χ0n) is 17.1. The number of aromatic nitrogens is 2. The number of nitrogens with zero attached hydrogens (tertiary/aromatic N) is 3. The minimum Gasteiger partial charge on any atom is -0.493 e. The first-order chi connectivity index (χ1) is 15.1. The lowest BCUT2D eigenvalue weighted by atomic mass is 10.2. The summed E-state index contributed by atoms with van der Waals surface area (Å²) in [4.78, 5) is 15.6. The Morgan fingerprint density at radius 3 is 2.71 bits per heavy atom. The van der Waals surface area contributed by atoms with Crippen LogP contribution in [0.5, 0.6) is 5.75 Å². The monoisotopic (exact) mass is 443 g/mol. The Hall–Kier alpha value is -2.91. The molecule has 0 aliphatic carbocycles. The second-order valence-corrected chi connectivity index (χ2v) is 9.35. The molecule has 0 unspecified atom stereocenters. The van der Waals surface area contributed by atoms with Gasteiger partial charge in [0, 0.05) is 30.9 Å². The first-order valence-electron chi connectivity index (χ1n) is 10.3. The molecule has 9 heteroatoms. The lowest BCUT2D eigenvalue weighted by Gasteiger charge is -2.13. The molecule has 2 aromatic heterocycles. The van der Waals surface area contributed by atoms with Crippen molar-refractivity contribution >= 4 is 27.5 Å². The summed E-state index contributed by atoms with van der Waals surface area (Å²) in [5.41, 5.74) is 3.16. The van der Waals surface area contributed by atoms with Crippen molar-refractivity contribution in [2.24, 2.45) is 0 Å². The van der Waals surface area contributed by atoms with Crippen LogP contribution < -0.4 is 4.74 Å². The third-order valence-electron chi connectivity index (χ3n) is 5.73. The summed E-state index contributed by atoms with van der Waals surface area (Å²) in [7, 11) is -3.72. The molecule has 0 spiro atoms. The summed E-state index contributed by atoms with van der Waals surface area (Å²) in [6.07, 6.45) is 7.40. The smallest absolute Gasteiger partial charge is 0.290 e. The number of ether oxygens (including phenoxy) is 1. The van der Waals surface area contributed by atoms with Crippen LogP contribution in [0.3, 0.4) is 0 Å². The number of rotatable bonds is 5. The number of fused-ring (bicyclic) bond motifs is 2. The van der Waals surface area contributed by atoms with Gasteiger partial charge in [0.05, 0.1) is 22.5 Å². The Balaban J connectivity index is 0.000000730. The zero-order chi connectivity index (χ0) is 21.8. The summed E-state index contributed by atoms with van der Waals surface area (Å²) < 4.78 is 34.1. The van der Waals surface area contributed by atoms with E-state index in [2.05, 4.69) is 9.88 Å². The van der Waals surface area contributed by atoms with Gasteiger partial charge >= 0.3 is 0 Å². The van der Waals surface area contributed by atoms with Crippen LogP contribution in [0.1, 0.15) is 24.0 Å². The minimum absolute atomic E-state index is 0.250. The number of hydrogen-bond donors (Lipinski definition) is 1. The Morgan fingerprint density at radius 1 is 1.16 bits per heavy atom. The van der Waals surface area contributed by atoms with Crippen molar-refractivity contribution in [3.63, 3.8) is 0 Å². The molecule has 31 heavy (non-hydrogen) atoms. The summed E-state index contributed by atoms with van der Waals surface area (Å²) in [5, 5.41) is 6.89. The molecule has 1 N–H and O–H groups in total. The number of hydrogen-bond acceptors (Lipinski definition) is 6. The molecule has 0 atom stereocenters. The quantitative estimate of drug-likeness (QED) is 0.605. The molecule has 2 aliphatic rings. The van der Waals surface area contributed by atoms with Crippen molar-refractivity contribution in [3.8, 4) is 5.75 Å². The van der Waals surface area contributed by atoms with E-state index >= 15 is 0 Å². The molecule has 0 saturated carbocycles. The van der Waals surface area contributed by atoms with Crippen LogP contribution in [0.15, 0.2) is 47.6 Å². The number of carbonyl (C=O) groups is 1.